The van der Waals surface area contributed by atoms with E-state index < -0.39 is 0 Å². The number of para-hydroxylation sites is 2. The van der Waals surface area contributed by atoms with Gasteiger partial charge in [-0.3, -0.25) is 9.69 Å². The van der Waals surface area contributed by atoms with Crippen LogP contribution in [0.2, 0.25) is 0 Å². The molecule has 0 radical (unpaired) electrons. The first kappa shape index (κ1) is 26.0. The van der Waals surface area contributed by atoms with Crippen LogP contribution in [0.15, 0.2) is 72.1 Å². The SMILES string of the molecule is Cc1nc2ccccc2n1[C@H]1C[C@H]2CC[C@@H](C1)N2CCC1(c2ccccc2)CCN(C(=O)Cc2cccs2)CC1. The van der Waals surface area contributed by atoms with E-state index in [1.165, 1.54) is 48.1 Å². The van der Waals surface area contributed by atoms with Crippen molar-refractivity contribution in [3.05, 3.63) is 88.4 Å². The van der Waals surface area contributed by atoms with Crippen molar-refractivity contribution in [2.24, 2.45) is 0 Å². The molecule has 5 nitrogen and oxygen atoms in total. The van der Waals surface area contributed by atoms with E-state index in [2.05, 4.69) is 87.3 Å². The van der Waals surface area contributed by atoms with Crippen molar-refractivity contribution >= 4 is 28.3 Å². The zero-order valence-electron chi connectivity index (χ0n) is 23.5. The first-order valence-corrected chi connectivity index (χ1v) is 16.0. The van der Waals surface area contributed by atoms with E-state index in [0.29, 0.717) is 24.5 Å². The highest BCUT2D eigenvalue weighted by molar-refractivity contribution is 7.10. The third-order valence-corrected chi connectivity index (χ3v) is 11.1. The third kappa shape index (κ3) is 4.79. The molecule has 3 aliphatic heterocycles. The lowest BCUT2D eigenvalue weighted by atomic mass is 9.70. The van der Waals surface area contributed by atoms with Gasteiger partial charge < -0.3 is 9.47 Å². The summed E-state index contributed by atoms with van der Waals surface area (Å²) < 4.78 is 2.53. The number of hydrogen-bond acceptors (Lipinski definition) is 4. The van der Waals surface area contributed by atoms with Crippen LogP contribution in [0.1, 0.15) is 67.3 Å². The fourth-order valence-corrected chi connectivity index (χ4v) is 8.82. The number of piperidine rings is 2. The van der Waals surface area contributed by atoms with Gasteiger partial charge >= 0.3 is 0 Å². The molecule has 40 heavy (non-hydrogen) atoms. The molecule has 0 spiro atoms. The van der Waals surface area contributed by atoms with Gasteiger partial charge in [-0.1, -0.05) is 48.5 Å². The minimum atomic E-state index is 0.147. The number of benzene rings is 2. The van der Waals surface area contributed by atoms with Crippen LogP contribution in [0, 0.1) is 6.92 Å². The molecule has 0 N–H and O–H groups in total. The summed E-state index contributed by atoms with van der Waals surface area (Å²) in [5.41, 5.74) is 4.03. The van der Waals surface area contributed by atoms with E-state index in [9.17, 15) is 4.79 Å². The molecule has 5 heterocycles. The highest BCUT2D eigenvalue weighted by atomic mass is 32.1. The molecule has 3 aliphatic rings. The lowest BCUT2D eigenvalue weighted by Crippen LogP contribution is -2.49. The van der Waals surface area contributed by atoms with Gasteiger partial charge in [-0.2, -0.15) is 0 Å². The number of carbonyl (C=O) groups excluding carboxylic acids is 1. The zero-order valence-corrected chi connectivity index (χ0v) is 24.4. The summed E-state index contributed by atoms with van der Waals surface area (Å²) >= 11 is 1.68. The molecule has 2 aromatic carbocycles. The molecule has 3 saturated heterocycles. The quantitative estimate of drug-likeness (QED) is 0.254. The van der Waals surface area contributed by atoms with Gasteiger partial charge in [0.15, 0.2) is 0 Å². The number of hydrogen-bond donors (Lipinski definition) is 0. The van der Waals surface area contributed by atoms with Crippen molar-refractivity contribution in [2.75, 3.05) is 19.6 Å². The lowest BCUT2D eigenvalue weighted by molar-refractivity contribution is -0.132. The Morgan fingerprint density at radius 3 is 2.38 bits per heavy atom. The number of imidazole rings is 1. The molecule has 3 atom stereocenters. The lowest BCUT2D eigenvalue weighted by Gasteiger charge is -2.45. The molecule has 4 aromatic rings. The van der Waals surface area contributed by atoms with Crippen LogP contribution in [0.3, 0.4) is 0 Å². The van der Waals surface area contributed by atoms with Crippen molar-refractivity contribution < 1.29 is 4.79 Å². The minimum absolute atomic E-state index is 0.147. The Morgan fingerprint density at radius 1 is 0.925 bits per heavy atom. The number of fused-ring (bicyclic) bond motifs is 3. The van der Waals surface area contributed by atoms with Crippen LogP contribution in [-0.2, 0) is 16.6 Å². The van der Waals surface area contributed by atoms with Gasteiger partial charge in [0, 0.05) is 36.1 Å². The summed E-state index contributed by atoms with van der Waals surface area (Å²) in [7, 11) is 0. The number of nitrogens with zero attached hydrogens (tertiary/aromatic N) is 4. The first-order valence-electron chi connectivity index (χ1n) is 15.1. The number of aryl methyl sites for hydroxylation is 1. The average Bonchev–Trinajstić information content (AvgIpc) is 3.68. The van der Waals surface area contributed by atoms with E-state index in [4.69, 9.17) is 4.98 Å². The molecular formula is C34H40N4OS. The Hall–Kier alpha value is -2.96. The van der Waals surface area contributed by atoms with Crippen molar-refractivity contribution in [3.8, 4) is 0 Å². The monoisotopic (exact) mass is 552 g/mol. The topological polar surface area (TPSA) is 41.4 Å². The van der Waals surface area contributed by atoms with Crippen molar-refractivity contribution in [1.82, 2.24) is 19.4 Å². The van der Waals surface area contributed by atoms with Gasteiger partial charge in [0.25, 0.3) is 0 Å². The zero-order chi connectivity index (χ0) is 27.1. The molecule has 0 aliphatic carbocycles. The average molecular weight is 553 g/mol. The predicted molar refractivity (Wildman–Crippen MR) is 163 cm³/mol. The summed E-state index contributed by atoms with van der Waals surface area (Å²) in [5, 5.41) is 2.06. The van der Waals surface area contributed by atoms with Gasteiger partial charge in [0.1, 0.15) is 5.82 Å². The summed E-state index contributed by atoms with van der Waals surface area (Å²) in [4.78, 5) is 24.1. The third-order valence-electron chi connectivity index (χ3n) is 10.2. The second kappa shape index (κ2) is 10.8. The maximum absolute atomic E-state index is 13.1. The van der Waals surface area contributed by atoms with Gasteiger partial charge in [0.05, 0.1) is 17.5 Å². The fourth-order valence-electron chi connectivity index (χ4n) is 8.12. The number of likely N-dealkylation sites (tertiary alicyclic amines) is 1. The second-order valence-electron chi connectivity index (χ2n) is 12.3. The Labute approximate surface area is 241 Å². The molecule has 3 fully saturated rings. The molecular weight excluding hydrogens is 512 g/mol. The number of carbonyl (C=O) groups is 1. The maximum atomic E-state index is 13.1. The first-order chi connectivity index (χ1) is 19.6. The summed E-state index contributed by atoms with van der Waals surface area (Å²) in [5.74, 6) is 1.44. The number of amides is 1. The van der Waals surface area contributed by atoms with E-state index in [1.807, 2.05) is 6.07 Å². The molecule has 6 heteroatoms. The molecule has 2 aromatic heterocycles. The van der Waals surface area contributed by atoms with Crippen LogP contribution in [0.25, 0.3) is 11.0 Å². The van der Waals surface area contributed by atoms with E-state index >= 15 is 0 Å². The number of aromatic nitrogens is 2. The van der Waals surface area contributed by atoms with E-state index in [1.54, 1.807) is 11.3 Å². The molecule has 0 saturated carbocycles. The highest BCUT2D eigenvalue weighted by Crippen LogP contribution is 2.45. The van der Waals surface area contributed by atoms with Crippen LogP contribution in [-0.4, -0.2) is 57.0 Å². The highest BCUT2D eigenvalue weighted by Gasteiger charge is 2.44. The number of thiophene rings is 1. The summed E-state index contributed by atoms with van der Waals surface area (Å²) in [6.07, 6.45) is 8.90. The summed E-state index contributed by atoms with van der Waals surface area (Å²) in [6, 6.07) is 25.8. The predicted octanol–water partition coefficient (Wildman–Crippen LogP) is 6.77. The van der Waals surface area contributed by atoms with Crippen LogP contribution in [0.4, 0.5) is 0 Å². The van der Waals surface area contributed by atoms with Gasteiger partial charge in [0.2, 0.25) is 5.91 Å². The van der Waals surface area contributed by atoms with Gasteiger partial charge in [-0.15, -0.1) is 11.3 Å². The molecule has 208 valence electrons. The maximum Gasteiger partial charge on any atom is 0.227 e. The van der Waals surface area contributed by atoms with Crippen LogP contribution < -0.4 is 0 Å². The normalized spacial score (nSPS) is 24.5. The Kier molecular flexibility index (Phi) is 7.01. The van der Waals surface area contributed by atoms with E-state index in [-0.39, 0.29) is 11.3 Å². The summed E-state index contributed by atoms with van der Waals surface area (Å²) in [6.45, 7) is 5.06. The van der Waals surface area contributed by atoms with Crippen molar-refractivity contribution in [1.29, 1.82) is 0 Å². The van der Waals surface area contributed by atoms with Crippen molar-refractivity contribution in [2.45, 2.75) is 81.8 Å². The Balaban J connectivity index is 1.05. The standard InChI is InChI=1S/C34H40N4OS/c1-25-35-31-11-5-6-12-32(31)38(25)29-22-27-13-14-28(23-29)37(27)20-17-34(26-8-3-2-4-9-26)15-18-36(19-16-34)33(39)24-30-10-7-21-40-30/h2-12,21,27-29H,13-20,22-24H2,1H3/t27-,28+,29+. The fraction of sp³-hybridized carbons (Fsp3) is 0.471. The second-order valence-corrected chi connectivity index (χ2v) is 13.3. The van der Waals surface area contributed by atoms with Crippen molar-refractivity contribution in [3.63, 3.8) is 0 Å². The van der Waals surface area contributed by atoms with Gasteiger partial charge in [-0.25, -0.2) is 4.98 Å². The van der Waals surface area contributed by atoms with Crippen LogP contribution >= 0.6 is 11.3 Å². The van der Waals surface area contributed by atoms with E-state index in [0.717, 1.165) is 43.8 Å². The molecule has 7 rings (SSSR count). The Morgan fingerprint density at radius 2 is 1.65 bits per heavy atom. The molecule has 0 unspecified atom stereocenters. The Bertz CT molecular complexity index is 1440. The smallest absolute Gasteiger partial charge is 0.227 e. The van der Waals surface area contributed by atoms with Gasteiger partial charge in [-0.05, 0) is 93.0 Å². The van der Waals surface area contributed by atoms with Crippen LogP contribution in [0.5, 0.6) is 0 Å². The largest absolute Gasteiger partial charge is 0.342 e. The molecule has 1 amide bonds. The number of rotatable bonds is 7. The molecule has 2 bridgehead atoms. The minimum Gasteiger partial charge on any atom is -0.342 e.